The van der Waals surface area contributed by atoms with Crippen molar-refractivity contribution >= 4 is 22.8 Å². The molecule has 0 saturated heterocycles. The van der Waals surface area contributed by atoms with Crippen LogP contribution in [0.15, 0.2) is 12.1 Å². The van der Waals surface area contributed by atoms with E-state index in [0.717, 1.165) is 22.9 Å². The summed E-state index contributed by atoms with van der Waals surface area (Å²) in [4.78, 5) is 10.4. The first-order valence-corrected chi connectivity index (χ1v) is 5.91. The van der Waals surface area contributed by atoms with Crippen molar-refractivity contribution < 1.29 is 23.1 Å². The van der Waals surface area contributed by atoms with Crippen molar-refractivity contribution in [1.82, 2.24) is 0 Å². The van der Waals surface area contributed by atoms with Crippen LogP contribution in [-0.2, 0) is 11.2 Å². The Hall–Kier alpha value is -0.962. The second-order valence-electron chi connectivity index (χ2n) is 3.42. The van der Waals surface area contributed by atoms with Crippen LogP contribution in [0.4, 0.5) is 13.2 Å². The Labute approximate surface area is 99.0 Å². The Morgan fingerprint density at radius 3 is 2.38 bits per heavy atom. The molecule has 0 saturated carbocycles. The Balaban J connectivity index is 2.81. The van der Waals surface area contributed by atoms with Gasteiger partial charge in [-0.1, -0.05) is 0 Å². The molecule has 0 amide bonds. The van der Waals surface area contributed by atoms with Crippen molar-refractivity contribution in [2.75, 3.05) is 0 Å². The average molecular weight is 294 g/mol. The third kappa shape index (κ3) is 3.56. The number of carbonyl (C=O) groups is 1. The van der Waals surface area contributed by atoms with Crippen LogP contribution in [0, 0.1) is 17.5 Å². The van der Waals surface area contributed by atoms with Gasteiger partial charge in [0.1, 0.15) is 0 Å². The van der Waals surface area contributed by atoms with Gasteiger partial charge < -0.3 is 0 Å². The van der Waals surface area contributed by atoms with E-state index in [9.17, 15) is 18.0 Å². The van der Waals surface area contributed by atoms with Crippen LogP contribution in [-0.4, -0.2) is 27.9 Å². The number of hydrogen-bond acceptors (Lipinski definition) is 1. The molecule has 0 spiro atoms. The van der Waals surface area contributed by atoms with Gasteiger partial charge >= 0.3 is 98.6 Å². The molecule has 2 atom stereocenters. The molecule has 1 aromatic rings. The van der Waals surface area contributed by atoms with Gasteiger partial charge in [-0.25, -0.2) is 0 Å². The third-order valence-electron chi connectivity index (χ3n) is 2.01. The number of benzene rings is 1. The number of rotatable bonds is 4. The molecule has 1 N–H and O–H groups in total. The minimum absolute atomic E-state index is 0.00882. The average Bonchev–Trinajstić information content (AvgIpc) is 2.12. The Bertz CT molecular complexity index is 409. The van der Waals surface area contributed by atoms with Gasteiger partial charge in [0, 0.05) is 0 Å². The molecule has 0 radical (unpaired) electrons. The number of carboxylic acids is 1. The number of carboxylic acid groups (broad SMARTS) is 1. The van der Waals surface area contributed by atoms with Crippen molar-refractivity contribution in [2.45, 2.75) is 17.5 Å². The molecule has 16 heavy (non-hydrogen) atoms. The third-order valence-corrected chi connectivity index (χ3v) is 3.00. The van der Waals surface area contributed by atoms with Gasteiger partial charge in [0.2, 0.25) is 0 Å². The molecule has 0 aliphatic heterocycles. The summed E-state index contributed by atoms with van der Waals surface area (Å²) < 4.78 is 38.3. The summed E-state index contributed by atoms with van der Waals surface area (Å²) in [6.07, 6.45) is -0.0201. The van der Waals surface area contributed by atoms with E-state index in [-0.39, 0.29) is 23.1 Å². The van der Waals surface area contributed by atoms with E-state index in [2.05, 4.69) is 0 Å². The zero-order valence-corrected chi connectivity index (χ0v) is 10.6. The molecule has 0 aromatic heterocycles. The fourth-order valence-corrected chi connectivity index (χ4v) is 2.25. The zero-order chi connectivity index (χ0) is 12.3. The van der Waals surface area contributed by atoms with E-state index < -0.39 is 23.4 Å². The molecule has 0 fully saturated rings. The second kappa shape index (κ2) is 5.39. The van der Waals surface area contributed by atoms with Crippen LogP contribution in [0.3, 0.4) is 0 Å². The summed E-state index contributed by atoms with van der Waals surface area (Å²) in [5.41, 5.74) is 0.00882. The molecule has 1 rings (SSSR count). The van der Waals surface area contributed by atoms with Gasteiger partial charge in [-0.15, -0.1) is 0 Å². The summed E-state index contributed by atoms with van der Waals surface area (Å²) >= 11 is 1.13. The molecular weight excluding hydrogens is 284 g/mol. The monoisotopic (exact) mass is 294 g/mol. The van der Waals surface area contributed by atoms with Crippen LogP contribution in [0.2, 0.25) is 4.71 Å². The molecule has 2 unspecified atom stereocenters. The first kappa shape index (κ1) is 13.1. The van der Waals surface area contributed by atoms with Crippen LogP contribution < -0.4 is 0 Å². The van der Waals surface area contributed by atoms with Gasteiger partial charge in [-0.3, -0.25) is 0 Å². The summed E-state index contributed by atoms with van der Waals surface area (Å²) in [6, 6.07) is 1.25. The summed E-state index contributed by atoms with van der Waals surface area (Å²) in [5, 5.41) is 8.51. The molecule has 0 aliphatic rings. The topological polar surface area (TPSA) is 37.3 Å². The van der Waals surface area contributed by atoms with Crippen molar-refractivity contribution in [1.29, 1.82) is 0 Å². The Morgan fingerprint density at radius 2 is 1.81 bits per heavy atom. The van der Waals surface area contributed by atoms with Gasteiger partial charge in [-0.05, 0) is 0 Å². The van der Waals surface area contributed by atoms with E-state index in [1.807, 2.05) is 0 Å². The molecule has 6 heteroatoms. The Morgan fingerprint density at radius 1 is 1.25 bits per heavy atom. The SMILES string of the molecule is O=C(O)CC([AsH2])Cc1cc(F)c(F)cc1F. The van der Waals surface area contributed by atoms with Gasteiger partial charge in [-0.2, -0.15) is 0 Å². The molecule has 1 aromatic carbocycles. The molecule has 0 bridgehead atoms. The van der Waals surface area contributed by atoms with Gasteiger partial charge in [0.15, 0.2) is 0 Å². The molecule has 2 nitrogen and oxygen atoms in total. The maximum absolute atomic E-state index is 13.2. The van der Waals surface area contributed by atoms with Crippen LogP contribution in [0.25, 0.3) is 0 Å². The predicted molar refractivity (Wildman–Crippen MR) is 54.6 cm³/mol. The molecule has 0 heterocycles. The molecular formula is C10H10AsF3O2. The number of aliphatic carboxylic acids is 1. The quantitative estimate of drug-likeness (QED) is 0.675. The van der Waals surface area contributed by atoms with Crippen molar-refractivity contribution in [3.8, 4) is 0 Å². The second-order valence-corrected chi connectivity index (χ2v) is 5.40. The normalized spacial score (nSPS) is 12.5. The number of halogens is 3. The van der Waals surface area contributed by atoms with E-state index in [4.69, 9.17) is 5.11 Å². The fourth-order valence-electron chi connectivity index (χ4n) is 1.30. The van der Waals surface area contributed by atoms with Gasteiger partial charge in [0.25, 0.3) is 0 Å². The van der Waals surface area contributed by atoms with E-state index >= 15 is 0 Å². The zero-order valence-electron chi connectivity index (χ0n) is 8.21. The summed E-state index contributed by atoms with van der Waals surface area (Å²) in [7, 11) is 0. The predicted octanol–water partition coefficient (Wildman–Crippen LogP) is 1.54. The minimum atomic E-state index is -1.24. The van der Waals surface area contributed by atoms with Crippen molar-refractivity contribution in [2.24, 2.45) is 0 Å². The molecule has 88 valence electrons. The van der Waals surface area contributed by atoms with E-state index in [1.165, 1.54) is 0 Å². The maximum atomic E-state index is 13.2. The molecule has 0 aliphatic carbocycles. The van der Waals surface area contributed by atoms with Gasteiger partial charge in [0.05, 0.1) is 0 Å². The number of hydrogen-bond donors (Lipinski definition) is 1. The summed E-state index contributed by atoms with van der Waals surface area (Å²) in [6.45, 7) is 0. The first-order valence-electron chi connectivity index (χ1n) is 4.51. The standard InChI is InChI=1S/C10H10AsF3O2/c11-6(3-10(15)16)1-5-2-8(13)9(14)4-7(5)12/h2,4,6H,1,3,11H2,(H,15,16). The van der Waals surface area contributed by atoms with Crippen LogP contribution in [0.5, 0.6) is 0 Å². The van der Waals surface area contributed by atoms with E-state index in [1.54, 1.807) is 0 Å². The first-order chi connectivity index (χ1) is 7.40. The fraction of sp³-hybridized carbons (Fsp3) is 0.300. The van der Waals surface area contributed by atoms with Crippen molar-refractivity contribution in [3.05, 3.63) is 35.1 Å². The van der Waals surface area contributed by atoms with Crippen LogP contribution >= 0.6 is 0 Å². The van der Waals surface area contributed by atoms with E-state index in [0.29, 0.717) is 6.07 Å². The Kier molecular flexibility index (Phi) is 4.42. The van der Waals surface area contributed by atoms with Crippen molar-refractivity contribution in [3.63, 3.8) is 0 Å². The summed E-state index contributed by atoms with van der Waals surface area (Å²) in [5.74, 6) is -4.19. The van der Waals surface area contributed by atoms with Crippen LogP contribution in [0.1, 0.15) is 12.0 Å².